The van der Waals surface area contributed by atoms with Crippen LogP contribution in [0.25, 0.3) is 6.08 Å². The summed E-state index contributed by atoms with van der Waals surface area (Å²) in [6, 6.07) is 8.66. The molecule has 0 saturated carbocycles. The van der Waals surface area contributed by atoms with E-state index in [9.17, 15) is 9.59 Å². The fourth-order valence-corrected chi connectivity index (χ4v) is 1.70. The lowest BCUT2D eigenvalue weighted by Crippen LogP contribution is -2.24. The highest BCUT2D eigenvalue weighted by atomic mass is 16.6. The van der Waals surface area contributed by atoms with Crippen LogP contribution in [0.15, 0.2) is 29.8 Å². The Morgan fingerprint density at radius 1 is 1.23 bits per heavy atom. The Morgan fingerprint density at radius 2 is 1.82 bits per heavy atom. The van der Waals surface area contributed by atoms with Gasteiger partial charge in [0.05, 0.1) is 25.2 Å². The van der Waals surface area contributed by atoms with Crippen LogP contribution in [0, 0.1) is 11.3 Å². The van der Waals surface area contributed by atoms with E-state index in [2.05, 4.69) is 0 Å². The fourth-order valence-electron chi connectivity index (χ4n) is 1.70. The normalized spacial score (nSPS) is 11.5. The van der Waals surface area contributed by atoms with Crippen LogP contribution in [-0.2, 0) is 19.1 Å². The number of methoxy groups -OCH3 is 1. The number of nitrogens with zero attached hydrogens (tertiary/aromatic N) is 1. The number of carbonyl (C=O) groups excluding carboxylic acids is 2. The van der Waals surface area contributed by atoms with Gasteiger partial charge in [0.15, 0.2) is 0 Å². The molecule has 0 heterocycles. The number of ether oxygens (including phenoxy) is 2. The first kappa shape index (κ1) is 17.4. The Labute approximate surface area is 130 Å². The van der Waals surface area contributed by atoms with Gasteiger partial charge in [-0.05, 0) is 44.5 Å². The zero-order valence-corrected chi connectivity index (χ0v) is 13.2. The molecule has 5 nitrogen and oxygen atoms in total. The molecule has 0 saturated heterocycles. The van der Waals surface area contributed by atoms with E-state index in [0.717, 1.165) is 0 Å². The summed E-state index contributed by atoms with van der Waals surface area (Å²) in [7, 11) is 1.25. The molecule has 0 N–H and O–H groups in total. The third-order valence-corrected chi connectivity index (χ3v) is 2.58. The van der Waals surface area contributed by atoms with Gasteiger partial charge in [-0.15, -0.1) is 0 Å². The molecule has 116 valence electrons. The second kappa shape index (κ2) is 7.41. The maximum absolute atomic E-state index is 11.9. The second-order valence-corrected chi connectivity index (χ2v) is 5.66. The number of nitriles is 1. The fraction of sp³-hybridized carbons (Fsp3) is 0.353. The third-order valence-electron chi connectivity index (χ3n) is 2.58. The first-order chi connectivity index (χ1) is 10.2. The number of hydrogen-bond donors (Lipinski definition) is 0. The van der Waals surface area contributed by atoms with E-state index < -0.39 is 17.5 Å². The number of hydrogen-bond acceptors (Lipinski definition) is 5. The van der Waals surface area contributed by atoms with Gasteiger partial charge in [-0.2, -0.15) is 5.26 Å². The van der Waals surface area contributed by atoms with Gasteiger partial charge in [-0.25, -0.2) is 4.79 Å². The Bertz CT molecular complexity index is 616. The first-order valence-electron chi connectivity index (χ1n) is 6.76. The van der Waals surface area contributed by atoms with Gasteiger partial charge in [0.1, 0.15) is 5.60 Å². The molecule has 0 aliphatic carbocycles. The molecule has 0 aliphatic rings. The second-order valence-electron chi connectivity index (χ2n) is 5.66. The van der Waals surface area contributed by atoms with Gasteiger partial charge >= 0.3 is 11.9 Å². The summed E-state index contributed by atoms with van der Waals surface area (Å²) in [6.45, 7) is 5.27. The zero-order valence-electron chi connectivity index (χ0n) is 13.2. The van der Waals surface area contributed by atoms with Gasteiger partial charge in [0.2, 0.25) is 0 Å². The van der Waals surface area contributed by atoms with E-state index in [1.807, 2.05) is 6.07 Å². The molecule has 5 heteroatoms. The Morgan fingerprint density at radius 3 is 2.27 bits per heavy atom. The lowest BCUT2D eigenvalue weighted by atomic mass is 10.1. The summed E-state index contributed by atoms with van der Waals surface area (Å²) in [6.07, 6.45) is 1.38. The van der Waals surface area contributed by atoms with Crippen molar-refractivity contribution < 1.29 is 19.1 Å². The van der Waals surface area contributed by atoms with Crippen molar-refractivity contribution in [1.29, 1.82) is 5.26 Å². The molecule has 0 fully saturated rings. The topological polar surface area (TPSA) is 76.4 Å². The smallest absolute Gasteiger partial charge is 0.334 e. The Balaban J connectivity index is 2.97. The molecule has 0 radical (unpaired) electrons. The average molecular weight is 301 g/mol. The summed E-state index contributed by atoms with van der Waals surface area (Å²) in [4.78, 5) is 23.7. The van der Waals surface area contributed by atoms with Gasteiger partial charge in [0, 0.05) is 5.57 Å². The van der Waals surface area contributed by atoms with Crippen LogP contribution in [0.4, 0.5) is 0 Å². The van der Waals surface area contributed by atoms with E-state index in [0.29, 0.717) is 11.1 Å². The van der Waals surface area contributed by atoms with E-state index in [1.165, 1.54) is 7.11 Å². The third kappa shape index (κ3) is 5.80. The quantitative estimate of drug-likeness (QED) is 0.631. The minimum atomic E-state index is -0.618. The highest BCUT2D eigenvalue weighted by Crippen LogP contribution is 2.16. The van der Waals surface area contributed by atoms with Crippen molar-refractivity contribution in [3.63, 3.8) is 0 Å². The van der Waals surface area contributed by atoms with Crippen molar-refractivity contribution in [1.82, 2.24) is 0 Å². The summed E-state index contributed by atoms with van der Waals surface area (Å²) >= 11 is 0. The van der Waals surface area contributed by atoms with Crippen molar-refractivity contribution in [3.05, 3.63) is 41.0 Å². The van der Waals surface area contributed by atoms with Crippen molar-refractivity contribution in [2.24, 2.45) is 0 Å². The number of carbonyl (C=O) groups is 2. The molecular formula is C17H19NO4. The molecule has 0 aromatic heterocycles. The first-order valence-corrected chi connectivity index (χ1v) is 6.76. The van der Waals surface area contributed by atoms with Crippen LogP contribution < -0.4 is 0 Å². The SMILES string of the molecule is COC(=O)/C(=C/c1ccc(C#N)cc1)CC(=O)OC(C)(C)C. The lowest BCUT2D eigenvalue weighted by molar-refractivity contribution is -0.155. The van der Waals surface area contributed by atoms with E-state index >= 15 is 0 Å². The lowest BCUT2D eigenvalue weighted by Gasteiger charge is -2.19. The standard InChI is InChI=1S/C17H19NO4/c1-17(2,3)22-15(19)10-14(16(20)21-4)9-12-5-7-13(11-18)8-6-12/h5-9H,10H2,1-4H3/b14-9+. The van der Waals surface area contributed by atoms with Crippen LogP contribution >= 0.6 is 0 Å². The predicted octanol–water partition coefficient (Wildman–Crippen LogP) is 2.85. The molecule has 0 spiro atoms. The average Bonchev–Trinajstić information content (AvgIpc) is 2.44. The number of esters is 2. The molecule has 0 amide bonds. The Hall–Kier alpha value is -2.61. The van der Waals surface area contributed by atoms with E-state index in [-0.39, 0.29) is 12.0 Å². The summed E-state index contributed by atoms with van der Waals surface area (Å²) < 4.78 is 9.90. The molecule has 0 aliphatic heterocycles. The zero-order chi connectivity index (χ0) is 16.8. The van der Waals surface area contributed by atoms with Crippen molar-refractivity contribution in [2.75, 3.05) is 7.11 Å². The van der Waals surface area contributed by atoms with Crippen LogP contribution in [0.5, 0.6) is 0 Å². The molecule has 1 aromatic carbocycles. The largest absolute Gasteiger partial charge is 0.466 e. The van der Waals surface area contributed by atoms with E-state index in [1.54, 1.807) is 51.1 Å². The molecule has 22 heavy (non-hydrogen) atoms. The molecule has 0 bridgehead atoms. The minimum absolute atomic E-state index is 0.177. The van der Waals surface area contributed by atoms with Crippen LogP contribution in [0.3, 0.4) is 0 Å². The molecule has 1 aromatic rings. The summed E-state index contributed by atoms with van der Waals surface area (Å²) in [5.74, 6) is -1.09. The highest BCUT2D eigenvalue weighted by Gasteiger charge is 2.20. The van der Waals surface area contributed by atoms with Crippen molar-refractivity contribution in [2.45, 2.75) is 32.8 Å². The van der Waals surface area contributed by atoms with Gasteiger partial charge in [-0.1, -0.05) is 12.1 Å². The summed E-state index contributed by atoms with van der Waals surface area (Å²) in [5, 5.41) is 8.76. The van der Waals surface area contributed by atoms with Gasteiger partial charge in [-0.3, -0.25) is 4.79 Å². The van der Waals surface area contributed by atoms with Gasteiger partial charge in [0.25, 0.3) is 0 Å². The number of benzene rings is 1. The van der Waals surface area contributed by atoms with E-state index in [4.69, 9.17) is 14.7 Å². The maximum Gasteiger partial charge on any atom is 0.334 e. The Kier molecular flexibility index (Phi) is 5.88. The van der Waals surface area contributed by atoms with Crippen LogP contribution in [0.1, 0.15) is 38.3 Å². The van der Waals surface area contributed by atoms with Crippen LogP contribution in [-0.4, -0.2) is 24.6 Å². The molecular weight excluding hydrogens is 282 g/mol. The van der Waals surface area contributed by atoms with Crippen molar-refractivity contribution in [3.8, 4) is 6.07 Å². The van der Waals surface area contributed by atoms with Crippen molar-refractivity contribution >= 4 is 18.0 Å². The maximum atomic E-state index is 11.9. The van der Waals surface area contributed by atoms with Crippen LogP contribution in [0.2, 0.25) is 0 Å². The van der Waals surface area contributed by atoms with Gasteiger partial charge < -0.3 is 9.47 Å². The summed E-state index contributed by atoms with van der Waals surface area (Å²) in [5.41, 5.74) is 0.792. The molecule has 1 rings (SSSR count). The molecule has 0 atom stereocenters. The highest BCUT2D eigenvalue weighted by molar-refractivity contribution is 5.98. The predicted molar refractivity (Wildman–Crippen MR) is 81.6 cm³/mol. The monoisotopic (exact) mass is 301 g/mol. The number of rotatable bonds is 4. The minimum Gasteiger partial charge on any atom is -0.466 e. The molecule has 0 unspecified atom stereocenters.